The molecule has 0 spiro atoms. The second-order valence-electron chi connectivity index (χ2n) is 5.62. The molecule has 0 aliphatic carbocycles. The predicted molar refractivity (Wildman–Crippen MR) is 85.6 cm³/mol. The summed E-state index contributed by atoms with van der Waals surface area (Å²) in [5, 5.41) is 3.57. The van der Waals surface area contributed by atoms with Gasteiger partial charge in [0.05, 0.1) is 5.60 Å². The van der Waals surface area contributed by atoms with Crippen LogP contribution >= 0.6 is 15.9 Å². The minimum atomic E-state index is -0.0575. The van der Waals surface area contributed by atoms with Crippen molar-refractivity contribution in [3.05, 3.63) is 33.8 Å². The van der Waals surface area contributed by atoms with Gasteiger partial charge in [0, 0.05) is 17.6 Å². The summed E-state index contributed by atoms with van der Waals surface area (Å²) in [6.45, 7) is 9.55. The van der Waals surface area contributed by atoms with Gasteiger partial charge in [0.2, 0.25) is 0 Å². The van der Waals surface area contributed by atoms with Gasteiger partial charge < -0.3 is 10.1 Å². The van der Waals surface area contributed by atoms with E-state index in [9.17, 15) is 0 Å². The van der Waals surface area contributed by atoms with Crippen LogP contribution in [-0.2, 0) is 4.74 Å². The molecule has 3 heteroatoms. The molecule has 0 amide bonds. The lowest BCUT2D eigenvalue weighted by Crippen LogP contribution is -2.27. The summed E-state index contributed by atoms with van der Waals surface area (Å²) in [6.07, 6.45) is 2.12. The Hall–Kier alpha value is -0.380. The van der Waals surface area contributed by atoms with Crippen molar-refractivity contribution in [3.8, 4) is 0 Å². The maximum atomic E-state index is 5.51. The zero-order valence-corrected chi connectivity index (χ0v) is 14.3. The zero-order valence-electron chi connectivity index (χ0n) is 12.7. The number of aryl methyl sites for hydroxylation is 1. The number of ether oxygens (including phenoxy) is 1. The molecule has 1 unspecified atom stereocenters. The van der Waals surface area contributed by atoms with Crippen LogP contribution in [0.1, 0.15) is 50.8 Å². The third kappa shape index (κ3) is 5.25. The molecule has 1 aromatic rings. The van der Waals surface area contributed by atoms with Crippen molar-refractivity contribution in [1.29, 1.82) is 0 Å². The van der Waals surface area contributed by atoms with Crippen LogP contribution in [0.25, 0.3) is 0 Å². The van der Waals surface area contributed by atoms with Crippen molar-refractivity contribution in [1.82, 2.24) is 5.32 Å². The summed E-state index contributed by atoms with van der Waals surface area (Å²) in [6, 6.07) is 6.99. The average Bonchev–Trinajstić information content (AvgIpc) is 2.38. The Balaban J connectivity index is 2.79. The summed E-state index contributed by atoms with van der Waals surface area (Å²) >= 11 is 3.56. The molecule has 108 valence electrons. The van der Waals surface area contributed by atoms with Crippen LogP contribution in [-0.4, -0.2) is 19.3 Å². The molecule has 0 aliphatic rings. The molecule has 0 aromatic heterocycles. The molecule has 0 saturated carbocycles. The van der Waals surface area contributed by atoms with Crippen LogP contribution in [0.4, 0.5) is 0 Å². The molecule has 0 fully saturated rings. The molecule has 2 nitrogen and oxygen atoms in total. The smallest absolute Gasteiger partial charge is 0.0623 e. The predicted octanol–water partition coefficient (Wildman–Crippen LogP) is 4.61. The molecule has 0 heterocycles. The molecule has 0 radical (unpaired) electrons. The summed E-state index contributed by atoms with van der Waals surface area (Å²) in [5.41, 5.74) is 2.58. The zero-order chi connectivity index (χ0) is 14.5. The van der Waals surface area contributed by atoms with E-state index in [4.69, 9.17) is 4.74 Å². The van der Waals surface area contributed by atoms with Crippen LogP contribution in [0.5, 0.6) is 0 Å². The van der Waals surface area contributed by atoms with Crippen LogP contribution < -0.4 is 5.32 Å². The van der Waals surface area contributed by atoms with E-state index in [0.29, 0.717) is 6.04 Å². The minimum Gasteiger partial charge on any atom is -0.379 e. The van der Waals surface area contributed by atoms with E-state index in [0.717, 1.165) is 19.4 Å². The number of benzene rings is 1. The quantitative estimate of drug-likeness (QED) is 0.789. The first kappa shape index (κ1) is 16.7. The second-order valence-corrected chi connectivity index (χ2v) is 6.48. The van der Waals surface area contributed by atoms with E-state index in [2.05, 4.69) is 67.1 Å². The third-order valence-corrected chi connectivity index (χ3v) is 4.51. The molecular formula is C16H26BrNO. The van der Waals surface area contributed by atoms with Gasteiger partial charge in [-0.25, -0.2) is 0 Å². The van der Waals surface area contributed by atoms with Crippen molar-refractivity contribution in [3.63, 3.8) is 0 Å². The van der Waals surface area contributed by atoms with E-state index in [1.54, 1.807) is 7.11 Å². The van der Waals surface area contributed by atoms with Gasteiger partial charge in [-0.05, 0) is 57.4 Å². The molecule has 1 aromatic carbocycles. The molecule has 1 atom stereocenters. The van der Waals surface area contributed by atoms with E-state index in [1.165, 1.54) is 15.6 Å². The SMILES string of the molecule is CCNC(CCC(C)(C)OC)c1ccc(Br)c(C)c1. The number of hydrogen-bond donors (Lipinski definition) is 1. The largest absolute Gasteiger partial charge is 0.379 e. The summed E-state index contributed by atoms with van der Waals surface area (Å²) in [7, 11) is 1.78. The van der Waals surface area contributed by atoms with Crippen LogP contribution in [0.15, 0.2) is 22.7 Å². The lowest BCUT2D eigenvalue weighted by atomic mass is 9.94. The number of nitrogens with one attached hydrogen (secondary N) is 1. The number of rotatable bonds is 7. The molecule has 1 N–H and O–H groups in total. The van der Waals surface area contributed by atoms with Gasteiger partial charge in [-0.2, -0.15) is 0 Å². The normalized spacial score (nSPS) is 13.6. The highest BCUT2D eigenvalue weighted by atomic mass is 79.9. The van der Waals surface area contributed by atoms with Crippen molar-refractivity contribution >= 4 is 15.9 Å². The molecular weight excluding hydrogens is 302 g/mol. The van der Waals surface area contributed by atoms with E-state index < -0.39 is 0 Å². The lowest BCUT2D eigenvalue weighted by molar-refractivity contribution is 0.0117. The van der Waals surface area contributed by atoms with Crippen LogP contribution in [0.3, 0.4) is 0 Å². The molecule has 0 saturated heterocycles. The highest BCUT2D eigenvalue weighted by Gasteiger charge is 2.20. The van der Waals surface area contributed by atoms with Crippen LogP contribution in [0, 0.1) is 6.92 Å². The van der Waals surface area contributed by atoms with Gasteiger partial charge in [0.1, 0.15) is 0 Å². The standard InChI is InChI=1S/C16H26BrNO/c1-6-18-15(9-10-16(3,4)19-5)13-7-8-14(17)12(2)11-13/h7-8,11,15,18H,6,9-10H2,1-5H3. The Bertz CT molecular complexity index is 404. The van der Waals surface area contributed by atoms with Crippen molar-refractivity contribution in [2.24, 2.45) is 0 Å². The van der Waals surface area contributed by atoms with Gasteiger partial charge >= 0.3 is 0 Å². The van der Waals surface area contributed by atoms with Gasteiger partial charge in [-0.1, -0.05) is 35.0 Å². The first-order valence-corrected chi connectivity index (χ1v) is 7.73. The highest BCUT2D eigenvalue weighted by Crippen LogP contribution is 2.27. The first-order valence-electron chi connectivity index (χ1n) is 6.94. The Morgan fingerprint density at radius 1 is 1.37 bits per heavy atom. The second kappa shape index (κ2) is 7.41. The molecule has 0 aliphatic heterocycles. The number of hydrogen-bond acceptors (Lipinski definition) is 2. The van der Waals surface area contributed by atoms with Crippen molar-refractivity contribution in [2.45, 2.75) is 52.2 Å². The Labute approximate surface area is 126 Å². The first-order chi connectivity index (χ1) is 8.89. The summed E-state index contributed by atoms with van der Waals surface area (Å²) in [5.74, 6) is 0. The maximum Gasteiger partial charge on any atom is 0.0623 e. The molecule has 1 rings (SSSR count). The fraction of sp³-hybridized carbons (Fsp3) is 0.625. The van der Waals surface area contributed by atoms with Gasteiger partial charge in [-0.15, -0.1) is 0 Å². The highest BCUT2D eigenvalue weighted by molar-refractivity contribution is 9.10. The van der Waals surface area contributed by atoms with Gasteiger partial charge in [0.15, 0.2) is 0 Å². The average molecular weight is 328 g/mol. The summed E-state index contributed by atoms with van der Waals surface area (Å²) < 4.78 is 6.68. The van der Waals surface area contributed by atoms with Gasteiger partial charge in [-0.3, -0.25) is 0 Å². The molecule has 19 heavy (non-hydrogen) atoms. The van der Waals surface area contributed by atoms with Crippen molar-refractivity contribution < 1.29 is 4.74 Å². The van der Waals surface area contributed by atoms with E-state index in [1.807, 2.05) is 0 Å². The number of halogens is 1. The topological polar surface area (TPSA) is 21.3 Å². The Morgan fingerprint density at radius 3 is 2.58 bits per heavy atom. The van der Waals surface area contributed by atoms with Gasteiger partial charge in [0.25, 0.3) is 0 Å². The Morgan fingerprint density at radius 2 is 2.05 bits per heavy atom. The van der Waals surface area contributed by atoms with E-state index >= 15 is 0 Å². The lowest BCUT2D eigenvalue weighted by Gasteiger charge is -2.26. The fourth-order valence-corrected chi connectivity index (χ4v) is 2.36. The fourth-order valence-electron chi connectivity index (χ4n) is 2.11. The maximum absolute atomic E-state index is 5.51. The summed E-state index contributed by atoms with van der Waals surface area (Å²) in [4.78, 5) is 0. The molecule has 0 bridgehead atoms. The van der Waals surface area contributed by atoms with E-state index in [-0.39, 0.29) is 5.60 Å². The van der Waals surface area contributed by atoms with Crippen LogP contribution in [0.2, 0.25) is 0 Å². The van der Waals surface area contributed by atoms with Crippen molar-refractivity contribution in [2.75, 3.05) is 13.7 Å². The Kier molecular flexibility index (Phi) is 6.51. The number of methoxy groups -OCH3 is 1. The monoisotopic (exact) mass is 327 g/mol. The third-order valence-electron chi connectivity index (χ3n) is 3.62. The minimum absolute atomic E-state index is 0.0575.